The number of amides is 3. The first-order valence-corrected chi connectivity index (χ1v) is 10.2. The smallest absolute Gasteiger partial charge is 0.262 e. The van der Waals surface area contributed by atoms with E-state index in [4.69, 9.17) is 4.74 Å². The number of nitrogens with one attached hydrogen (secondary N) is 1. The summed E-state index contributed by atoms with van der Waals surface area (Å²) in [5.74, 6) is -1.46. The molecule has 0 spiro atoms. The number of imide groups is 1. The third kappa shape index (κ3) is 3.68. The highest BCUT2D eigenvalue weighted by atomic mass is 16.5. The van der Waals surface area contributed by atoms with Crippen molar-refractivity contribution in [3.8, 4) is 0 Å². The Balaban J connectivity index is 1.51. The molecule has 1 atom stereocenters. The number of carbonyl (C=O) groups is 3. The molecule has 4 rings (SSSR count). The van der Waals surface area contributed by atoms with Crippen molar-refractivity contribution in [3.05, 3.63) is 59.7 Å². The summed E-state index contributed by atoms with van der Waals surface area (Å²) in [6.45, 7) is 6.73. The van der Waals surface area contributed by atoms with E-state index >= 15 is 0 Å². The van der Waals surface area contributed by atoms with Gasteiger partial charge in [-0.2, -0.15) is 0 Å². The van der Waals surface area contributed by atoms with Crippen LogP contribution < -0.4 is 10.2 Å². The molecule has 0 bridgehead atoms. The molecule has 1 N–H and O–H groups in total. The molecule has 2 aliphatic heterocycles. The second kappa shape index (κ2) is 8.28. The van der Waals surface area contributed by atoms with E-state index in [1.807, 2.05) is 38.1 Å². The molecule has 2 aliphatic rings. The number of hydrogen-bond acceptors (Lipinski definition) is 5. The lowest BCUT2D eigenvalue weighted by Gasteiger charge is -2.29. The van der Waals surface area contributed by atoms with Crippen LogP contribution >= 0.6 is 0 Å². The number of rotatable bonds is 5. The summed E-state index contributed by atoms with van der Waals surface area (Å²) in [6, 6.07) is 13.4. The molecule has 2 aromatic rings. The van der Waals surface area contributed by atoms with Crippen molar-refractivity contribution < 1.29 is 19.1 Å². The molecule has 0 unspecified atom stereocenters. The number of hydrogen-bond donors (Lipinski definition) is 1. The molecule has 1 saturated heterocycles. The van der Waals surface area contributed by atoms with Gasteiger partial charge in [0.25, 0.3) is 11.8 Å². The largest absolute Gasteiger partial charge is 0.378 e. The average Bonchev–Trinajstić information content (AvgIpc) is 3.00. The Hall–Kier alpha value is -3.19. The Kier molecular flexibility index (Phi) is 5.55. The first-order chi connectivity index (χ1) is 14.5. The standard InChI is InChI=1S/C23H25N3O4/c1-15(2)20(26-22(28)18-5-3-4-6-19(18)23(26)29)21(27)24-16-7-9-17(10-8-16)25-11-13-30-14-12-25/h3-10,15,20H,11-14H2,1-2H3,(H,24,27)/t20-/m0/s1. The monoisotopic (exact) mass is 407 g/mol. The van der Waals surface area contributed by atoms with Gasteiger partial charge in [0, 0.05) is 24.5 Å². The van der Waals surface area contributed by atoms with Gasteiger partial charge < -0.3 is 15.0 Å². The molecule has 3 amide bonds. The van der Waals surface area contributed by atoms with Gasteiger partial charge in [-0.05, 0) is 42.3 Å². The molecule has 30 heavy (non-hydrogen) atoms. The summed E-state index contributed by atoms with van der Waals surface area (Å²) in [5.41, 5.74) is 2.38. The minimum atomic E-state index is -0.892. The van der Waals surface area contributed by atoms with Crippen LogP contribution in [0.3, 0.4) is 0 Å². The maximum absolute atomic E-state index is 13.1. The van der Waals surface area contributed by atoms with E-state index in [-0.39, 0.29) is 11.8 Å². The van der Waals surface area contributed by atoms with E-state index in [1.54, 1.807) is 24.3 Å². The van der Waals surface area contributed by atoms with Crippen molar-refractivity contribution in [2.45, 2.75) is 19.9 Å². The van der Waals surface area contributed by atoms with Crippen molar-refractivity contribution in [3.63, 3.8) is 0 Å². The topological polar surface area (TPSA) is 79.0 Å². The Morgan fingerprint density at radius 2 is 1.50 bits per heavy atom. The van der Waals surface area contributed by atoms with Crippen LogP contribution in [0.1, 0.15) is 34.6 Å². The predicted octanol–water partition coefficient (Wildman–Crippen LogP) is 2.78. The maximum atomic E-state index is 13.1. The Morgan fingerprint density at radius 3 is 2.03 bits per heavy atom. The zero-order chi connectivity index (χ0) is 21.3. The summed E-state index contributed by atoms with van der Waals surface area (Å²) in [4.78, 5) is 42.1. The lowest BCUT2D eigenvalue weighted by molar-refractivity contribution is -0.121. The van der Waals surface area contributed by atoms with Gasteiger partial charge in [0.05, 0.1) is 24.3 Å². The highest BCUT2D eigenvalue weighted by Crippen LogP contribution is 2.28. The highest BCUT2D eigenvalue weighted by Gasteiger charge is 2.43. The molecule has 7 nitrogen and oxygen atoms in total. The fraction of sp³-hybridized carbons (Fsp3) is 0.348. The zero-order valence-electron chi connectivity index (χ0n) is 17.1. The second-order valence-corrected chi connectivity index (χ2v) is 7.85. The van der Waals surface area contributed by atoms with Crippen molar-refractivity contribution >= 4 is 29.1 Å². The van der Waals surface area contributed by atoms with E-state index in [1.165, 1.54) is 0 Å². The summed E-state index contributed by atoms with van der Waals surface area (Å²) in [6.07, 6.45) is 0. The molecule has 7 heteroatoms. The molecule has 2 heterocycles. The molecule has 1 fully saturated rings. The molecular formula is C23H25N3O4. The van der Waals surface area contributed by atoms with Crippen LogP contribution in [0.4, 0.5) is 11.4 Å². The van der Waals surface area contributed by atoms with Gasteiger partial charge in [-0.1, -0.05) is 26.0 Å². The third-order valence-corrected chi connectivity index (χ3v) is 5.51. The molecular weight excluding hydrogens is 382 g/mol. The lowest BCUT2D eigenvalue weighted by Crippen LogP contribution is -2.50. The molecule has 0 saturated carbocycles. The van der Waals surface area contributed by atoms with Crippen LogP contribution in [0.2, 0.25) is 0 Å². The minimum Gasteiger partial charge on any atom is -0.378 e. The molecule has 0 aliphatic carbocycles. The van der Waals surface area contributed by atoms with Crippen LogP contribution in [-0.4, -0.2) is 55.0 Å². The minimum absolute atomic E-state index is 0.236. The van der Waals surface area contributed by atoms with Gasteiger partial charge in [-0.15, -0.1) is 0 Å². The fourth-order valence-electron chi connectivity index (χ4n) is 3.97. The normalized spacial score (nSPS) is 17.3. The van der Waals surface area contributed by atoms with E-state index in [9.17, 15) is 14.4 Å². The third-order valence-electron chi connectivity index (χ3n) is 5.51. The van der Waals surface area contributed by atoms with Crippen molar-refractivity contribution in [2.75, 3.05) is 36.5 Å². The summed E-state index contributed by atoms with van der Waals surface area (Å²) in [7, 11) is 0. The number of ether oxygens (including phenoxy) is 1. The number of carbonyl (C=O) groups excluding carboxylic acids is 3. The lowest BCUT2D eigenvalue weighted by atomic mass is 10.0. The first-order valence-electron chi connectivity index (χ1n) is 10.2. The summed E-state index contributed by atoms with van der Waals surface area (Å²) < 4.78 is 5.38. The fourth-order valence-corrected chi connectivity index (χ4v) is 3.97. The summed E-state index contributed by atoms with van der Waals surface area (Å²) >= 11 is 0. The number of anilines is 2. The van der Waals surface area contributed by atoms with Crippen LogP contribution in [0.25, 0.3) is 0 Å². The number of nitrogens with zero attached hydrogens (tertiary/aromatic N) is 2. The molecule has 2 aromatic carbocycles. The van der Waals surface area contributed by atoms with Gasteiger partial charge in [0.2, 0.25) is 5.91 Å². The average molecular weight is 407 g/mol. The van der Waals surface area contributed by atoms with E-state index in [0.717, 1.165) is 23.7 Å². The quantitative estimate of drug-likeness (QED) is 0.771. The van der Waals surface area contributed by atoms with Crippen LogP contribution in [0.15, 0.2) is 48.5 Å². The van der Waals surface area contributed by atoms with Crippen LogP contribution in [0, 0.1) is 5.92 Å². The van der Waals surface area contributed by atoms with E-state index < -0.39 is 17.9 Å². The SMILES string of the molecule is CC(C)[C@@H](C(=O)Nc1ccc(N2CCOCC2)cc1)N1C(=O)c2ccccc2C1=O. The summed E-state index contributed by atoms with van der Waals surface area (Å²) in [5, 5.41) is 2.87. The van der Waals surface area contributed by atoms with Gasteiger partial charge in [0.1, 0.15) is 6.04 Å². The Morgan fingerprint density at radius 1 is 0.933 bits per heavy atom. The van der Waals surface area contributed by atoms with Gasteiger partial charge in [-0.3, -0.25) is 19.3 Å². The van der Waals surface area contributed by atoms with Gasteiger partial charge in [-0.25, -0.2) is 0 Å². The van der Waals surface area contributed by atoms with Crippen LogP contribution in [0.5, 0.6) is 0 Å². The number of morpholine rings is 1. The Bertz CT molecular complexity index is 930. The van der Waals surface area contributed by atoms with Gasteiger partial charge >= 0.3 is 0 Å². The highest BCUT2D eigenvalue weighted by molar-refractivity contribution is 6.23. The van der Waals surface area contributed by atoms with E-state index in [0.29, 0.717) is 30.0 Å². The maximum Gasteiger partial charge on any atom is 0.262 e. The number of benzene rings is 2. The molecule has 0 aromatic heterocycles. The Labute approximate surface area is 175 Å². The van der Waals surface area contributed by atoms with Crippen LogP contribution in [-0.2, 0) is 9.53 Å². The van der Waals surface area contributed by atoms with Crippen molar-refractivity contribution in [1.82, 2.24) is 4.90 Å². The van der Waals surface area contributed by atoms with Gasteiger partial charge in [0.15, 0.2) is 0 Å². The van der Waals surface area contributed by atoms with Crippen molar-refractivity contribution in [1.29, 1.82) is 0 Å². The second-order valence-electron chi connectivity index (χ2n) is 7.85. The van der Waals surface area contributed by atoms with Crippen molar-refractivity contribution in [2.24, 2.45) is 5.92 Å². The molecule has 156 valence electrons. The predicted molar refractivity (Wildman–Crippen MR) is 114 cm³/mol. The van der Waals surface area contributed by atoms with E-state index in [2.05, 4.69) is 10.2 Å². The zero-order valence-corrected chi connectivity index (χ0v) is 17.1. The molecule has 0 radical (unpaired) electrons. The first kappa shape index (κ1) is 20.1. The number of fused-ring (bicyclic) bond motifs is 1.